The predicted octanol–water partition coefficient (Wildman–Crippen LogP) is 1.87. The Balaban J connectivity index is 2.53. The third kappa shape index (κ3) is 4.51. The summed E-state index contributed by atoms with van der Waals surface area (Å²) in [6.07, 6.45) is 2.51. The molecule has 1 rings (SSSR count). The zero-order chi connectivity index (χ0) is 12.7. The molecule has 5 heteroatoms. The molecule has 0 aliphatic heterocycles. The van der Waals surface area contributed by atoms with E-state index in [2.05, 4.69) is 10.3 Å². The van der Waals surface area contributed by atoms with Gasteiger partial charge in [0.25, 0.3) is 0 Å². The molecular formula is C12H15N3O2. The molecule has 17 heavy (non-hydrogen) atoms. The molecule has 0 saturated heterocycles. The smallest absolute Gasteiger partial charge is 0.303 e. The minimum Gasteiger partial charge on any atom is -0.481 e. The Morgan fingerprint density at radius 1 is 1.71 bits per heavy atom. The van der Waals surface area contributed by atoms with Crippen LogP contribution in [0.15, 0.2) is 18.3 Å². The Hall–Kier alpha value is -2.09. The van der Waals surface area contributed by atoms with Gasteiger partial charge in [0, 0.05) is 24.8 Å². The maximum Gasteiger partial charge on any atom is 0.303 e. The lowest BCUT2D eigenvalue weighted by Gasteiger charge is -2.14. The van der Waals surface area contributed by atoms with Crippen LogP contribution in [0.2, 0.25) is 0 Å². The highest BCUT2D eigenvalue weighted by atomic mass is 16.4. The summed E-state index contributed by atoms with van der Waals surface area (Å²) in [6, 6.07) is 5.36. The Bertz CT molecular complexity index is 426. The van der Waals surface area contributed by atoms with Crippen molar-refractivity contribution in [2.75, 3.05) is 11.9 Å². The standard InChI is InChI=1S/C12H15N3O2/c1-2-9(5-12(16)17)8-15-10-3-4-14-11(6-10)7-13/h3-4,6,9H,2,5,8H2,1H3,(H,14,15)(H,16,17). The molecule has 0 aliphatic rings. The van der Waals surface area contributed by atoms with Crippen molar-refractivity contribution < 1.29 is 9.90 Å². The number of carboxylic acid groups (broad SMARTS) is 1. The van der Waals surface area contributed by atoms with Crippen molar-refractivity contribution in [2.45, 2.75) is 19.8 Å². The van der Waals surface area contributed by atoms with Crippen LogP contribution in [-0.2, 0) is 4.79 Å². The van der Waals surface area contributed by atoms with E-state index in [0.717, 1.165) is 12.1 Å². The van der Waals surface area contributed by atoms with Gasteiger partial charge in [0.05, 0.1) is 0 Å². The van der Waals surface area contributed by atoms with Crippen molar-refractivity contribution in [3.8, 4) is 6.07 Å². The van der Waals surface area contributed by atoms with Crippen LogP contribution >= 0.6 is 0 Å². The molecule has 1 atom stereocenters. The highest BCUT2D eigenvalue weighted by Gasteiger charge is 2.10. The lowest BCUT2D eigenvalue weighted by Crippen LogP contribution is -2.17. The van der Waals surface area contributed by atoms with Crippen molar-refractivity contribution >= 4 is 11.7 Å². The molecule has 2 N–H and O–H groups in total. The number of carbonyl (C=O) groups is 1. The first-order valence-electron chi connectivity index (χ1n) is 5.47. The number of nitrogens with zero attached hydrogens (tertiary/aromatic N) is 2. The molecule has 90 valence electrons. The molecule has 1 unspecified atom stereocenters. The zero-order valence-electron chi connectivity index (χ0n) is 9.68. The van der Waals surface area contributed by atoms with Gasteiger partial charge in [0.2, 0.25) is 0 Å². The Morgan fingerprint density at radius 3 is 3.06 bits per heavy atom. The van der Waals surface area contributed by atoms with E-state index >= 15 is 0 Å². The number of hydrogen-bond donors (Lipinski definition) is 2. The number of hydrogen-bond acceptors (Lipinski definition) is 4. The average Bonchev–Trinajstić information content (AvgIpc) is 2.34. The first-order chi connectivity index (χ1) is 8.15. The number of rotatable bonds is 6. The number of pyridine rings is 1. The summed E-state index contributed by atoms with van der Waals surface area (Å²) in [5.74, 6) is -0.697. The van der Waals surface area contributed by atoms with Gasteiger partial charge < -0.3 is 10.4 Å². The summed E-state index contributed by atoms with van der Waals surface area (Å²) in [7, 11) is 0. The van der Waals surface area contributed by atoms with Crippen molar-refractivity contribution in [1.82, 2.24) is 4.98 Å². The van der Waals surface area contributed by atoms with Crippen LogP contribution in [-0.4, -0.2) is 22.6 Å². The number of nitriles is 1. The monoisotopic (exact) mass is 233 g/mol. The van der Waals surface area contributed by atoms with Crippen LogP contribution in [0.4, 0.5) is 5.69 Å². The number of aliphatic carboxylic acids is 1. The van der Waals surface area contributed by atoms with Gasteiger partial charge in [-0.05, 0) is 18.1 Å². The van der Waals surface area contributed by atoms with E-state index in [1.165, 1.54) is 0 Å². The van der Waals surface area contributed by atoms with E-state index in [4.69, 9.17) is 10.4 Å². The molecule has 0 spiro atoms. The van der Waals surface area contributed by atoms with Crippen molar-refractivity contribution in [3.05, 3.63) is 24.0 Å². The minimum absolute atomic E-state index is 0.0891. The second-order valence-electron chi connectivity index (χ2n) is 3.79. The Labute approximate surface area is 100 Å². The molecule has 0 amide bonds. The molecular weight excluding hydrogens is 218 g/mol. The van der Waals surface area contributed by atoms with Gasteiger partial charge in [-0.25, -0.2) is 4.98 Å². The average molecular weight is 233 g/mol. The molecule has 1 aromatic rings. The number of aromatic nitrogens is 1. The summed E-state index contributed by atoms with van der Waals surface area (Å²) in [6.45, 7) is 2.54. The number of nitrogens with one attached hydrogen (secondary N) is 1. The summed E-state index contributed by atoms with van der Waals surface area (Å²) >= 11 is 0. The van der Waals surface area contributed by atoms with Crippen LogP contribution in [0, 0.1) is 17.2 Å². The fourth-order valence-corrected chi connectivity index (χ4v) is 1.47. The first-order valence-corrected chi connectivity index (χ1v) is 5.47. The molecule has 0 saturated carbocycles. The normalized spacial score (nSPS) is 11.5. The SMILES string of the molecule is CCC(CNc1ccnc(C#N)c1)CC(=O)O. The van der Waals surface area contributed by atoms with Crippen LogP contribution in [0.25, 0.3) is 0 Å². The van der Waals surface area contributed by atoms with Gasteiger partial charge in [0.1, 0.15) is 11.8 Å². The van der Waals surface area contributed by atoms with Gasteiger partial charge >= 0.3 is 5.97 Å². The van der Waals surface area contributed by atoms with Gasteiger partial charge in [-0.2, -0.15) is 5.26 Å². The maximum absolute atomic E-state index is 10.6. The van der Waals surface area contributed by atoms with Crippen LogP contribution in [0.5, 0.6) is 0 Å². The number of carboxylic acids is 1. The van der Waals surface area contributed by atoms with Gasteiger partial charge in [-0.1, -0.05) is 13.3 Å². The quantitative estimate of drug-likeness (QED) is 0.783. The molecule has 0 bridgehead atoms. The van der Waals surface area contributed by atoms with Crippen LogP contribution in [0.1, 0.15) is 25.5 Å². The predicted molar refractivity (Wildman–Crippen MR) is 63.5 cm³/mol. The highest BCUT2D eigenvalue weighted by Crippen LogP contribution is 2.12. The van der Waals surface area contributed by atoms with E-state index in [0.29, 0.717) is 12.2 Å². The third-order valence-corrected chi connectivity index (χ3v) is 2.51. The molecule has 0 aliphatic carbocycles. The van der Waals surface area contributed by atoms with E-state index in [1.807, 2.05) is 13.0 Å². The van der Waals surface area contributed by atoms with E-state index < -0.39 is 5.97 Å². The van der Waals surface area contributed by atoms with Gasteiger partial charge in [0.15, 0.2) is 0 Å². The maximum atomic E-state index is 10.6. The fourth-order valence-electron chi connectivity index (χ4n) is 1.47. The van der Waals surface area contributed by atoms with Gasteiger partial charge in [-0.15, -0.1) is 0 Å². The summed E-state index contributed by atoms with van der Waals surface area (Å²) in [5.41, 5.74) is 1.14. The fraction of sp³-hybridized carbons (Fsp3) is 0.417. The topological polar surface area (TPSA) is 86.0 Å². The van der Waals surface area contributed by atoms with Gasteiger partial charge in [-0.3, -0.25) is 4.79 Å². The summed E-state index contributed by atoms with van der Waals surface area (Å²) < 4.78 is 0. The molecule has 0 fully saturated rings. The second kappa shape index (κ2) is 6.48. The lowest BCUT2D eigenvalue weighted by molar-refractivity contribution is -0.138. The number of anilines is 1. The Kier molecular flexibility index (Phi) is 4.95. The zero-order valence-corrected chi connectivity index (χ0v) is 9.68. The summed E-state index contributed by atoms with van der Waals surface area (Å²) in [5, 5.41) is 20.5. The van der Waals surface area contributed by atoms with E-state index in [1.54, 1.807) is 18.3 Å². The van der Waals surface area contributed by atoms with E-state index in [9.17, 15) is 4.79 Å². The van der Waals surface area contributed by atoms with Crippen molar-refractivity contribution in [1.29, 1.82) is 5.26 Å². The van der Waals surface area contributed by atoms with Crippen LogP contribution in [0.3, 0.4) is 0 Å². The Morgan fingerprint density at radius 2 is 2.47 bits per heavy atom. The highest BCUT2D eigenvalue weighted by molar-refractivity contribution is 5.67. The first kappa shape index (κ1) is 13.0. The minimum atomic E-state index is -0.786. The molecule has 5 nitrogen and oxygen atoms in total. The molecule has 0 aromatic carbocycles. The van der Waals surface area contributed by atoms with Crippen LogP contribution < -0.4 is 5.32 Å². The van der Waals surface area contributed by atoms with E-state index in [-0.39, 0.29) is 12.3 Å². The third-order valence-electron chi connectivity index (χ3n) is 2.51. The summed E-state index contributed by atoms with van der Waals surface area (Å²) in [4.78, 5) is 14.5. The molecule has 0 radical (unpaired) electrons. The largest absolute Gasteiger partial charge is 0.481 e. The molecule has 1 heterocycles. The second-order valence-corrected chi connectivity index (χ2v) is 3.79. The van der Waals surface area contributed by atoms with Crippen molar-refractivity contribution in [3.63, 3.8) is 0 Å². The molecule has 1 aromatic heterocycles. The van der Waals surface area contributed by atoms with Crippen molar-refractivity contribution in [2.24, 2.45) is 5.92 Å². The lowest BCUT2D eigenvalue weighted by atomic mass is 10.0.